The molecular weight excluding hydrogens is 350 g/mol. The van der Waals surface area contributed by atoms with E-state index in [4.69, 9.17) is 23.2 Å². The molecule has 3 rings (SSSR count). The second-order valence-corrected chi connectivity index (χ2v) is 5.54. The van der Waals surface area contributed by atoms with E-state index in [2.05, 4.69) is 4.98 Å². The number of aromatic nitrogens is 2. The van der Waals surface area contributed by atoms with Gasteiger partial charge < -0.3 is 0 Å². The first-order valence-corrected chi connectivity index (χ1v) is 7.01. The smallest absolute Gasteiger partial charge is 0.289 e. The molecule has 1 aromatic carbocycles. The van der Waals surface area contributed by atoms with Gasteiger partial charge in [-0.1, -0.05) is 35.3 Å². The van der Waals surface area contributed by atoms with Crippen LogP contribution < -0.4 is 0 Å². The van der Waals surface area contributed by atoms with Crippen LogP contribution in [0.15, 0.2) is 36.5 Å². The Hall–Kier alpha value is -2.23. The van der Waals surface area contributed by atoms with Crippen LogP contribution in [0.25, 0.3) is 16.9 Å². The Morgan fingerprint density at radius 1 is 1.13 bits per heavy atom. The first kappa shape index (κ1) is 15.7. The zero-order valence-electron chi connectivity index (χ0n) is 11.2. The van der Waals surface area contributed by atoms with E-state index in [0.29, 0.717) is 10.6 Å². The number of hydrogen-bond acceptors (Lipinski definition) is 2. The zero-order chi connectivity index (χ0) is 16.8. The highest BCUT2D eigenvalue weighted by Crippen LogP contribution is 2.34. The highest BCUT2D eigenvalue weighted by atomic mass is 35.5. The molecule has 3 nitrogen and oxygen atoms in total. The lowest BCUT2D eigenvalue weighted by molar-refractivity contribution is -0.137. The van der Waals surface area contributed by atoms with Crippen LogP contribution in [-0.2, 0) is 6.18 Å². The summed E-state index contributed by atoms with van der Waals surface area (Å²) < 4.78 is 39.8. The van der Waals surface area contributed by atoms with E-state index >= 15 is 0 Å². The summed E-state index contributed by atoms with van der Waals surface area (Å²) in [6.45, 7) is 0. The number of nitriles is 1. The molecule has 2 heterocycles. The molecule has 0 aliphatic carbocycles. The topological polar surface area (TPSA) is 41.1 Å². The van der Waals surface area contributed by atoms with E-state index in [1.54, 1.807) is 24.3 Å². The van der Waals surface area contributed by atoms with E-state index in [1.807, 2.05) is 6.07 Å². The molecule has 0 saturated heterocycles. The number of nitrogens with zero attached hydrogens (tertiary/aromatic N) is 3. The second kappa shape index (κ2) is 5.44. The SMILES string of the molecule is N#Cc1c(-c2ccc(Cl)cc2)nc2c(Cl)cc(C(F)(F)F)cn12. The number of hydrogen-bond donors (Lipinski definition) is 0. The minimum atomic E-state index is -4.57. The summed E-state index contributed by atoms with van der Waals surface area (Å²) in [5.41, 5.74) is -0.104. The van der Waals surface area contributed by atoms with Crippen molar-refractivity contribution in [3.05, 3.63) is 57.8 Å². The monoisotopic (exact) mass is 355 g/mol. The molecule has 2 aromatic heterocycles. The predicted molar refractivity (Wildman–Crippen MR) is 80.4 cm³/mol. The van der Waals surface area contributed by atoms with Crippen molar-refractivity contribution >= 4 is 28.8 Å². The third-order valence-corrected chi connectivity index (χ3v) is 3.76. The molecule has 23 heavy (non-hydrogen) atoms. The quantitative estimate of drug-likeness (QED) is 0.601. The molecule has 0 radical (unpaired) electrons. The summed E-state index contributed by atoms with van der Waals surface area (Å²) in [7, 11) is 0. The number of halogens is 5. The van der Waals surface area contributed by atoms with Crippen molar-refractivity contribution in [3.8, 4) is 17.3 Å². The Morgan fingerprint density at radius 3 is 2.35 bits per heavy atom. The second-order valence-electron chi connectivity index (χ2n) is 4.70. The number of fused-ring (bicyclic) bond motifs is 1. The summed E-state index contributed by atoms with van der Waals surface area (Å²) in [4.78, 5) is 4.20. The standard InChI is InChI=1S/C15H6Cl2F3N3/c16-10-3-1-8(2-4-10)13-12(6-21)23-7-9(15(18,19)20)5-11(17)14(23)22-13/h1-5,7H. The van der Waals surface area contributed by atoms with E-state index in [-0.39, 0.29) is 22.1 Å². The van der Waals surface area contributed by atoms with E-state index < -0.39 is 11.7 Å². The fraction of sp³-hybridized carbons (Fsp3) is 0.0667. The number of rotatable bonds is 1. The maximum absolute atomic E-state index is 12.9. The number of pyridine rings is 1. The lowest BCUT2D eigenvalue weighted by atomic mass is 10.1. The van der Waals surface area contributed by atoms with Gasteiger partial charge in [-0.05, 0) is 18.2 Å². The van der Waals surface area contributed by atoms with Crippen LogP contribution in [0.1, 0.15) is 11.3 Å². The number of imidazole rings is 1. The molecule has 0 aliphatic rings. The molecule has 0 saturated carbocycles. The lowest BCUT2D eigenvalue weighted by Gasteiger charge is -2.08. The molecule has 0 atom stereocenters. The molecule has 0 bridgehead atoms. The molecular formula is C15H6Cl2F3N3. The van der Waals surface area contributed by atoms with Gasteiger partial charge in [-0.3, -0.25) is 4.40 Å². The van der Waals surface area contributed by atoms with Crippen molar-refractivity contribution in [1.82, 2.24) is 9.38 Å². The average molecular weight is 356 g/mol. The summed E-state index contributed by atoms with van der Waals surface area (Å²) in [5, 5.41) is 9.65. The lowest BCUT2D eigenvalue weighted by Crippen LogP contribution is -2.07. The zero-order valence-corrected chi connectivity index (χ0v) is 12.7. The van der Waals surface area contributed by atoms with E-state index in [9.17, 15) is 18.4 Å². The largest absolute Gasteiger partial charge is 0.417 e. The third kappa shape index (κ3) is 2.74. The van der Waals surface area contributed by atoms with Gasteiger partial charge in [0.05, 0.1) is 10.6 Å². The number of benzene rings is 1. The summed E-state index contributed by atoms with van der Waals surface area (Å²) in [5.74, 6) is 0. The van der Waals surface area contributed by atoms with Gasteiger partial charge in [-0.25, -0.2) is 4.98 Å². The minimum absolute atomic E-state index is 0.0321. The molecule has 0 N–H and O–H groups in total. The van der Waals surface area contributed by atoms with Crippen molar-refractivity contribution in [2.24, 2.45) is 0 Å². The van der Waals surface area contributed by atoms with Crippen LogP contribution in [0.4, 0.5) is 13.2 Å². The first-order chi connectivity index (χ1) is 10.8. The molecule has 0 unspecified atom stereocenters. The third-order valence-electron chi connectivity index (χ3n) is 3.23. The van der Waals surface area contributed by atoms with Gasteiger partial charge in [0.15, 0.2) is 11.3 Å². The normalized spacial score (nSPS) is 11.7. The van der Waals surface area contributed by atoms with Gasteiger partial charge in [0.25, 0.3) is 0 Å². The molecule has 0 fully saturated rings. The Balaban J connectivity index is 2.32. The Bertz CT molecular complexity index is 938. The van der Waals surface area contributed by atoms with Gasteiger partial charge in [0.1, 0.15) is 11.8 Å². The van der Waals surface area contributed by atoms with Crippen LogP contribution in [0.3, 0.4) is 0 Å². The minimum Gasteiger partial charge on any atom is -0.289 e. The molecule has 0 amide bonds. The van der Waals surface area contributed by atoms with Crippen molar-refractivity contribution in [3.63, 3.8) is 0 Å². The highest BCUT2D eigenvalue weighted by molar-refractivity contribution is 6.33. The Labute approximate surface area is 138 Å². The highest BCUT2D eigenvalue weighted by Gasteiger charge is 2.32. The van der Waals surface area contributed by atoms with Crippen molar-refractivity contribution < 1.29 is 13.2 Å². The van der Waals surface area contributed by atoms with Gasteiger partial charge in [-0.15, -0.1) is 0 Å². The first-order valence-electron chi connectivity index (χ1n) is 6.26. The maximum atomic E-state index is 12.9. The van der Waals surface area contributed by atoms with Crippen LogP contribution in [0.2, 0.25) is 10.0 Å². The molecule has 0 aliphatic heterocycles. The Kier molecular flexibility index (Phi) is 3.71. The van der Waals surface area contributed by atoms with E-state index in [0.717, 1.165) is 16.7 Å². The van der Waals surface area contributed by atoms with Gasteiger partial charge in [-0.2, -0.15) is 18.4 Å². The van der Waals surface area contributed by atoms with Crippen LogP contribution in [0.5, 0.6) is 0 Å². The fourth-order valence-electron chi connectivity index (χ4n) is 2.18. The Morgan fingerprint density at radius 2 is 1.78 bits per heavy atom. The maximum Gasteiger partial charge on any atom is 0.417 e. The van der Waals surface area contributed by atoms with E-state index in [1.165, 1.54) is 0 Å². The molecule has 116 valence electrons. The summed E-state index contributed by atoms with van der Waals surface area (Å²) >= 11 is 11.7. The van der Waals surface area contributed by atoms with Gasteiger partial charge in [0, 0.05) is 16.8 Å². The van der Waals surface area contributed by atoms with Gasteiger partial charge in [0.2, 0.25) is 0 Å². The summed E-state index contributed by atoms with van der Waals surface area (Å²) in [6, 6.07) is 9.13. The fourth-order valence-corrected chi connectivity index (χ4v) is 2.55. The molecule has 8 heteroatoms. The van der Waals surface area contributed by atoms with Crippen molar-refractivity contribution in [2.45, 2.75) is 6.18 Å². The van der Waals surface area contributed by atoms with Crippen LogP contribution >= 0.6 is 23.2 Å². The molecule has 3 aromatic rings. The van der Waals surface area contributed by atoms with Crippen molar-refractivity contribution in [1.29, 1.82) is 5.26 Å². The van der Waals surface area contributed by atoms with Crippen LogP contribution in [0, 0.1) is 11.3 Å². The predicted octanol–water partition coefficient (Wildman–Crippen LogP) is 5.20. The number of alkyl halides is 3. The van der Waals surface area contributed by atoms with Crippen molar-refractivity contribution in [2.75, 3.05) is 0 Å². The van der Waals surface area contributed by atoms with Crippen LogP contribution in [-0.4, -0.2) is 9.38 Å². The average Bonchev–Trinajstić information content (AvgIpc) is 2.86. The summed E-state index contributed by atoms with van der Waals surface area (Å²) in [6.07, 6.45) is -3.76. The molecule has 0 spiro atoms. The van der Waals surface area contributed by atoms with Gasteiger partial charge >= 0.3 is 6.18 Å².